The minimum absolute atomic E-state index is 0.0142. The second kappa shape index (κ2) is 8.07. The van der Waals surface area contributed by atoms with Crippen LogP contribution in [0, 0.1) is 0 Å². The number of hydrogen-bond donors (Lipinski definition) is 0. The SMILES string of the molecule is COc1ccccc1-c1noc(C2CN(C(=O)c3ccc(-c4ccccc4)cc3)C2)n1. The lowest BCUT2D eigenvalue weighted by Crippen LogP contribution is -2.48. The number of para-hydroxylation sites is 1. The molecular formula is C25H21N3O3. The number of amides is 1. The molecule has 0 unspecified atom stereocenters. The van der Waals surface area contributed by atoms with Crippen molar-refractivity contribution in [2.45, 2.75) is 5.92 Å². The van der Waals surface area contributed by atoms with Crippen LogP contribution in [0.25, 0.3) is 22.5 Å². The minimum atomic E-state index is 0.0142. The van der Waals surface area contributed by atoms with E-state index in [9.17, 15) is 4.79 Å². The maximum atomic E-state index is 12.8. The van der Waals surface area contributed by atoms with Gasteiger partial charge in [-0.1, -0.05) is 59.8 Å². The molecule has 1 fully saturated rings. The van der Waals surface area contributed by atoms with E-state index in [2.05, 4.69) is 22.3 Å². The summed E-state index contributed by atoms with van der Waals surface area (Å²) in [4.78, 5) is 19.1. The molecule has 4 aromatic rings. The van der Waals surface area contributed by atoms with Gasteiger partial charge in [-0.3, -0.25) is 4.79 Å². The highest BCUT2D eigenvalue weighted by molar-refractivity contribution is 5.95. The average molecular weight is 411 g/mol. The lowest BCUT2D eigenvalue weighted by Gasteiger charge is -2.37. The van der Waals surface area contributed by atoms with Crippen LogP contribution in [0.2, 0.25) is 0 Å². The summed E-state index contributed by atoms with van der Waals surface area (Å²) in [7, 11) is 1.61. The third-order valence-corrected chi connectivity index (χ3v) is 5.55. The predicted octanol–water partition coefficient (Wildman–Crippen LogP) is 4.65. The van der Waals surface area contributed by atoms with Crippen LogP contribution in [0.3, 0.4) is 0 Å². The van der Waals surface area contributed by atoms with Gasteiger partial charge in [-0.15, -0.1) is 0 Å². The molecule has 2 heterocycles. The van der Waals surface area contributed by atoms with Crippen molar-refractivity contribution in [1.82, 2.24) is 15.0 Å². The molecule has 1 amide bonds. The highest BCUT2D eigenvalue weighted by Gasteiger charge is 2.36. The first-order chi connectivity index (χ1) is 15.2. The molecule has 1 aliphatic rings. The second-order valence-corrected chi connectivity index (χ2v) is 7.51. The van der Waals surface area contributed by atoms with Gasteiger partial charge < -0.3 is 14.2 Å². The maximum Gasteiger partial charge on any atom is 0.253 e. The zero-order valence-electron chi connectivity index (χ0n) is 17.1. The first-order valence-electron chi connectivity index (χ1n) is 10.1. The van der Waals surface area contributed by atoms with Gasteiger partial charge in [0.1, 0.15) is 5.75 Å². The van der Waals surface area contributed by atoms with Crippen molar-refractivity contribution in [3.63, 3.8) is 0 Å². The Bertz CT molecular complexity index is 1200. The molecule has 154 valence electrons. The molecule has 0 radical (unpaired) electrons. The summed E-state index contributed by atoms with van der Waals surface area (Å²) < 4.78 is 10.8. The van der Waals surface area contributed by atoms with Crippen LogP contribution in [0.5, 0.6) is 5.75 Å². The molecule has 0 spiro atoms. The van der Waals surface area contributed by atoms with Crippen molar-refractivity contribution in [2.75, 3.05) is 20.2 Å². The number of likely N-dealkylation sites (tertiary alicyclic amines) is 1. The number of ether oxygens (including phenoxy) is 1. The number of benzene rings is 3. The third kappa shape index (κ3) is 3.68. The highest BCUT2D eigenvalue weighted by atomic mass is 16.5. The fourth-order valence-corrected chi connectivity index (χ4v) is 3.76. The first kappa shape index (κ1) is 19.1. The molecule has 6 heteroatoms. The van der Waals surface area contributed by atoms with E-state index in [1.165, 1.54) is 0 Å². The van der Waals surface area contributed by atoms with Crippen LogP contribution in [0.15, 0.2) is 83.4 Å². The Morgan fingerprint density at radius 2 is 1.61 bits per heavy atom. The standard InChI is InChI=1S/C25H21N3O3/c1-30-22-10-6-5-9-21(22)23-26-24(31-27-23)20-15-28(16-20)25(29)19-13-11-18(12-14-19)17-7-3-2-4-8-17/h2-14,20H,15-16H2,1H3. The highest BCUT2D eigenvalue weighted by Crippen LogP contribution is 2.32. The van der Waals surface area contributed by atoms with Crippen molar-refractivity contribution in [1.29, 1.82) is 0 Å². The van der Waals surface area contributed by atoms with Crippen LogP contribution in [-0.4, -0.2) is 41.1 Å². The van der Waals surface area contributed by atoms with Crippen molar-refractivity contribution in [2.24, 2.45) is 0 Å². The monoisotopic (exact) mass is 411 g/mol. The van der Waals surface area contributed by atoms with E-state index in [0.29, 0.717) is 36.1 Å². The van der Waals surface area contributed by atoms with Gasteiger partial charge in [0.2, 0.25) is 11.7 Å². The van der Waals surface area contributed by atoms with Gasteiger partial charge in [-0.2, -0.15) is 4.98 Å². The van der Waals surface area contributed by atoms with E-state index >= 15 is 0 Å². The maximum absolute atomic E-state index is 12.8. The summed E-state index contributed by atoms with van der Waals surface area (Å²) in [6, 6.07) is 25.4. The molecule has 5 rings (SSSR count). The number of aromatic nitrogens is 2. The average Bonchev–Trinajstić information content (AvgIpc) is 3.28. The lowest BCUT2D eigenvalue weighted by molar-refractivity contribution is 0.0569. The van der Waals surface area contributed by atoms with Crippen LogP contribution in [-0.2, 0) is 0 Å². The van der Waals surface area contributed by atoms with E-state index < -0.39 is 0 Å². The van der Waals surface area contributed by atoms with Gasteiger partial charge in [-0.25, -0.2) is 0 Å². The zero-order chi connectivity index (χ0) is 21.2. The second-order valence-electron chi connectivity index (χ2n) is 7.51. The first-order valence-corrected chi connectivity index (χ1v) is 10.1. The van der Waals surface area contributed by atoms with Gasteiger partial charge in [0.25, 0.3) is 5.91 Å². The number of nitrogens with zero attached hydrogens (tertiary/aromatic N) is 3. The molecule has 1 aliphatic heterocycles. The quantitative estimate of drug-likeness (QED) is 0.478. The normalized spacial score (nSPS) is 13.6. The number of hydrogen-bond acceptors (Lipinski definition) is 5. The third-order valence-electron chi connectivity index (χ3n) is 5.55. The van der Waals surface area contributed by atoms with Crippen LogP contribution >= 0.6 is 0 Å². The summed E-state index contributed by atoms with van der Waals surface area (Å²) in [5.41, 5.74) is 3.69. The van der Waals surface area contributed by atoms with Crippen LogP contribution < -0.4 is 4.74 Å². The number of methoxy groups -OCH3 is 1. The summed E-state index contributed by atoms with van der Waals surface area (Å²) in [6.07, 6.45) is 0. The van der Waals surface area contributed by atoms with Gasteiger partial charge in [-0.05, 0) is 35.4 Å². The lowest BCUT2D eigenvalue weighted by atomic mass is 9.98. The predicted molar refractivity (Wildman–Crippen MR) is 117 cm³/mol. The zero-order valence-corrected chi connectivity index (χ0v) is 17.1. The topological polar surface area (TPSA) is 68.5 Å². The van der Waals surface area contributed by atoms with Gasteiger partial charge in [0, 0.05) is 18.7 Å². The fraction of sp³-hybridized carbons (Fsp3) is 0.160. The Labute approximate surface area is 180 Å². The molecule has 0 N–H and O–H groups in total. The van der Waals surface area contributed by atoms with E-state index in [4.69, 9.17) is 9.26 Å². The Balaban J connectivity index is 1.24. The molecular weight excluding hydrogens is 390 g/mol. The molecule has 0 saturated carbocycles. The molecule has 0 aliphatic carbocycles. The largest absolute Gasteiger partial charge is 0.496 e. The Morgan fingerprint density at radius 1 is 0.935 bits per heavy atom. The van der Waals surface area contributed by atoms with Gasteiger partial charge >= 0.3 is 0 Å². The van der Waals surface area contributed by atoms with Gasteiger partial charge in [0.15, 0.2) is 0 Å². The Morgan fingerprint density at radius 3 is 2.35 bits per heavy atom. The molecule has 6 nitrogen and oxygen atoms in total. The van der Waals surface area contributed by atoms with Crippen molar-refractivity contribution in [3.8, 4) is 28.3 Å². The van der Waals surface area contributed by atoms with Crippen LogP contribution in [0.1, 0.15) is 22.2 Å². The summed E-state index contributed by atoms with van der Waals surface area (Å²) >= 11 is 0. The molecule has 31 heavy (non-hydrogen) atoms. The number of carbonyl (C=O) groups is 1. The number of carbonyl (C=O) groups excluding carboxylic acids is 1. The van der Waals surface area contributed by atoms with Crippen molar-refractivity contribution < 1.29 is 14.1 Å². The van der Waals surface area contributed by atoms with Crippen molar-refractivity contribution >= 4 is 5.91 Å². The smallest absolute Gasteiger partial charge is 0.253 e. The van der Waals surface area contributed by atoms with E-state index in [-0.39, 0.29) is 11.8 Å². The summed E-state index contributed by atoms with van der Waals surface area (Å²) in [6.45, 7) is 1.12. The van der Waals surface area contributed by atoms with Crippen molar-refractivity contribution in [3.05, 3.63) is 90.3 Å². The Hall–Kier alpha value is -3.93. The summed E-state index contributed by atoms with van der Waals surface area (Å²) in [5.74, 6) is 1.79. The van der Waals surface area contributed by atoms with E-state index in [0.717, 1.165) is 16.7 Å². The molecule has 0 atom stereocenters. The molecule has 0 bridgehead atoms. The molecule has 3 aromatic carbocycles. The van der Waals surface area contributed by atoms with E-state index in [1.54, 1.807) is 12.0 Å². The molecule has 1 saturated heterocycles. The molecule has 1 aromatic heterocycles. The summed E-state index contributed by atoms with van der Waals surface area (Å²) in [5, 5.41) is 4.09. The van der Waals surface area contributed by atoms with E-state index in [1.807, 2.05) is 66.7 Å². The minimum Gasteiger partial charge on any atom is -0.496 e. The van der Waals surface area contributed by atoms with Gasteiger partial charge in [0.05, 0.1) is 18.6 Å². The Kier molecular flexibility index (Phi) is 4.96. The fourth-order valence-electron chi connectivity index (χ4n) is 3.76. The van der Waals surface area contributed by atoms with Crippen LogP contribution in [0.4, 0.5) is 0 Å². The number of rotatable bonds is 5.